The van der Waals surface area contributed by atoms with E-state index in [9.17, 15) is 0 Å². The highest BCUT2D eigenvalue weighted by molar-refractivity contribution is 8.13. The zero-order chi connectivity index (χ0) is 13.2. The standard InChI is InChI=1S/C13H13N5S/c1-8-2-4-9(5-3-8)6-19-12-10-11(16-7-15-10)17-13(14)18-12/h2-5,7,10H,6H2,1H3,(H2,14,15,16,17). The molecule has 96 valence electrons. The topological polar surface area (TPSA) is 75.5 Å². The third kappa shape index (κ3) is 2.58. The van der Waals surface area contributed by atoms with E-state index in [1.165, 1.54) is 17.5 Å². The summed E-state index contributed by atoms with van der Waals surface area (Å²) in [5, 5.41) is 0.862. The molecule has 5 nitrogen and oxygen atoms in total. The van der Waals surface area contributed by atoms with Crippen molar-refractivity contribution in [1.29, 1.82) is 0 Å². The van der Waals surface area contributed by atoms with Gasteiger partial charge in [-0.05, 0) is 12.5 Å². The van der Waals surface area contributed by atoms with E-state index in [0.717, 1.165) is 10.8 Å². The van der Waals surface area contributed by atoms with Gasteiger partial charge in [0.15, 0.2) is 11.9 Å². The molecule has 1 unspecified atom stereocenters. The van der Waals surface area contributed by atoms with Crippen LogP contribution in [0.1, 0.15) is 11.1 Å². The molecule has 19 heavy (non-hydrogen) atoms. The van der Waals surface area contributed by atoms with Crippen molar-refractivity contribution in [2.45, 2.75) is 18.7 Å². The Balaban J connectivity index is 1.73. The molecule has 2 aliphatic heterocycles. The Labute approximate surface area is 115 Å². The van der Waals surface area contributed by atoms with Crippen LogP contribution >= 0.6 is 11.8 Å². The van der Waals surface area contributed by atoms with Gasteiger partial charge < -0.3 is 5.73 Å². The lowest BCUT2D eigenvalue weighted by atomic mass is 10.2. The first-order chi connectivity index (χ1) is 9.22. The normalized spacial score (nSPS) is 20.7. The Bertz CT molecular complexity index is 612. The van der Waals surface area contributed by atoms with E-state index in [4.69, 9.17) is 5.73 Å². The van der Waals surface area contributed by atoms with Gasteiger partial charge in [-0.25, -0.2) is 9.98 Å². The third-order valence-electron chi connectivity index (χ3n) is 2.85. The summed E-state index contributed by atoms with van der Waals surface area (Å²) in [5.74, 6) is 1.73. The molecule has 0 fully saturated rings. The second-order valence-electron chi connectivity index (χ2n) is 4.35. The van der Waals surface area contributed by atoms with E-state index in [1.54, 1.807) is 11.8 Å². The number of nitrogens with two attached hydrogens (primary N) is 1. The number of aliphatic imine (C=N–C) groups is 4. The molecule has 3 rings (SSSR count). The fourth-order valence-electron chi connectivity index (χ4n) is 1.83. The van der Waals surface area contributed by atoms with Gasteiger partial charge in [-0.2, -0.15) is 4.99 Å². The van der Waals surface area contributed by atoms with Crippen molar-refractivity contribution in [3.05, 3.63) is 35.4 Å². The monoisotopic (exact) mass is 271 g/mol. The first-order valence-electron chi connectivity index (χ1n) is 5.93. The molecule has 0 amide bonds. The Hall–Kier alpha value is -1.95. The van der Waals surface area contributed by atoms with Gasteiger partial charge in [-0.1, -0.05) is 29.8 Å². The molecule has 0 aliphatic carbocycles. The summed E-state index contributed by atoms with van der Waals surface area (Å²) < 4.78 is 0. The number of amidine groups is 1. The smallest absolute Gasteiger partial charge is 0.222 e. The first-order valence-corrected chi connectivity index (χ1v) is 6.91. The summed E-state index contributed by atoms with van der Waals surface area (Å²) in [4.78, 5) is 16.7. The number of rotatable bonds is 2. The number of benzene rings is 1. The number of aryl methyl sites for hydroxylation is 1. The van der Waals surface area contributed by atoms with Crippen molar-refractivity contribution in [1.82, 2.24) is 0 Å². The van der Waals surface area contributed by atoms with E-state index < -0.39 is 0 Å². The zero-order valence-electron chi connectivity index (χ0n) is 10.4. The molecule has 1 aromatic rings. The van der Waals surface area contributed by atoms with Gasteiger partial charge in [-0.3, -0.25) is 4.99 Å². The van der Waals surface area contributed by atoms with Crippen LogP contribution in [0.3, 0.4) is 0 Å². The first kappa shape index (κ1) is 12.1. The average molecular weight is 271 g/mol. The maximum Gasteiger partial charge on any atom is 0.222 e. The molecule has 0 bridgehead atoms. The molecule has 0 saturated carbocycles. The van der Waals surface area contributed by atoms with Crippen LogP contribution in [0.25, 0.3) is 0 Å². The van der Waals surface area contributed by atoms with Gasteiger partial charge in [0, 0.05) is 5.75 Å². The largest absolute Gasteiger partial charge is 0.368 e. The van der Waals surface area contributed by atoms with Crippen molar-refractivity contribution >= 4 is 34.9 Å². The number of guanidine groups is 1. The van der Waals surface area contributed by atoms with Gasteiger partial charge in [0.2, 0.25) is 5.96 Å². The van der Waals surface area contributed by atoms with Gasteiger partial charge in [0.1, 0.15) is 11.4 Å². The highest BCUT2D eigenvalue weighted by atomic mass is 32.2. The Morgan fingerprint density at radius 3 is 2.79 bits per heavy atom. The number of nitrogens with zero attached hydrogens (tertiary/aromatic N) is 4. The van der Waals surface area contributed by atoms with Crippen LogP contribution < -0.4 is 5.73 Å². The lowest BCUT2D eigenvalue weighted by Crippen LogP contribution is -2.31. The zero-order valence-corrected chi connectivity index (χ0v) is 11.3. The van der Waals surface area contributed by atoms with Crippen LogP contribution in [-0.2, 0) is 5.75 Å². The molecule has 1 atom stereocenters. The summed E-state index contributed by atoms with van der Waals surface area (Å²) >= 11 is 1.63. The van der Waals surface area contributed by atoms with Crippen molar-refractivity contribution in [2.75, 3.05) is 0 Å². The molecule has 0 radical (unpaired) electrons. The van der Waals surface area contributed by atoms with Crippen LogP contribution in [0.4, 0.5) is 0 Å². The maximum absolute atomic E-state index is 5.68. The minimum Gasteiger partial charge on any atom is -0.368 e. The Morgan fingerprint density at radius 2 is 2.00 bits per heavy atom. The summed E-state index contributed by atoms with van der Waals surface area (Å²) in [6.07, 6.45) is 1.52. The Morgan fingerprint density at radius 1 is 1.21 bits per heavy atom. The Kier molecular flexibility index (Phi) is 3.16. The molecule has 2 N–H and O–H groups in total. The van der Waals surface area contributed by atoms with Gasteiger partial charge in [0.25, 0.3) is 0 Å². The highest BCUT2D eigenvalue weighted by Gasteiger charge is 2.28. The van der Waals surface area contributed by atoms with Crippen LogP contribution in [0.15, 0.2) is 44.2 Å². The number of fused-ring (bicyclic) bond motifs is 1. The van der Waals surface area contributed by atoms with Gasteiger partial charge in [0.05, 0.1) is 0 Å². The van der Waals surface area contributed by atoms with E-state index >= 15 is 0 Å². The summed E-state index contributed by atoms with van der Waals surface area (Å²) in [6, 6.07) is 8.29. The summed E-state index contributed by atoms with van der Waals surface area (Å²) in [7, 11) is 0. The van der Waals surface area contributed by atoms with Crippen molar-refractivity contribution < 1.29 is 0 Å². The maximum atomic E-state index is 5.68. The predicted molar refractivity (Wildman–Crippen MR) is 81.2 cm³/mol. The summed E-state index contributed by atoms with van der Waals surface area (Å²) in [5.41, 5.74) is 8.19. The fraction of sp³-hybridized carbons (Fsp3) is 0.231. The molecule has 1 aromatic carbocycles. The van der Waals surface area contributed by atoms with E-state index in [-0.39, 0.29) is 12.0 Å². The second-order valence-corrected chi connectivity index (χ2v) is 5.34. The SMILES string of the molecule is Cc1ccc(CSC2=NC(N)=NC3=NC=NC32)cc1. The van der Waals surface area contributed by atoms with Gasteiger partial charge >= 0.3 is 0 Å². The van der Waals surface area contributed by atoms with Crippen LogP contribution in [0.2, 0.25) is 0 Å². The number of hydrogen-bond acceptors (Lipinski definition) is 6. The van der Waals surface area contributed by atoms with E-state index in [2.05, 4.69) is 51.2 Å². The molecule has 2 heterocycles. The van der Waals surface area contributed by atoms with Crippen LogP contribution in [0, 0.1) is 6.92 Å². The minimum atomic E-state index is -0.164. The average Bonchev–Trinajstić information content (AvgIpc) is 2.85. The lowest BCUT2D eigenvalue weighted by Gasteiger charge is -2.15. The third-order valence-corrected chi connectivity index (χ3v) is 3.93. The van der Waals surface area contributed by atoms with Crippen LogP contribution in [0.5, 0.6) is 0 Å². The van der Waals surface area contributed by atoms with Gasteiger partial charge in [-0.15, -0.1) is 11.8 Å². The highest BCUT2D eigenvalue weighted by Crippen LogP contribution is 2.22. The van der Waals surface area contributed by atoms with E-state index in [0.29, 0.717) is 5.84 Å². The molecule has 0 spiro atoms. The van der Waals surface area contributed by atoms with Crippen LogP contribution in [-0.4, -0.2) is 29.2 Å². The summed E-state index contributed by atoms with van der Waals surface area (Å²) in [6.45, 7) is 2.08. The molecule has 0 aromatic heterocycles. The lowest BCUT2D eigenvalue weighted by molar-refractivity contribution is 1.15. The second kappa shape index (κ2) is 4.97. The van der Waals surface area contributed by atoms with Crippen molar-refractivity contribution in [2.24, 2.45) is 25.7 Å². The molecule has 6 heteroatoms. The quantitative estimate of drug-likeness (QED) is 0.890. The van der Waals surface area contributed by atoms with Crippen molar-refractivity contribution in [3.63, 3.8) is 0 Å². The molecular formula is C13H13N5S. The number of thioether (sulfide) groups is 1. The molecule has 0 saturated heterocycles. The molecule has 2 aliphatic rings. The number of hydrogen-bond donors (Lipinski definition) is 1. The predicted octanol–water partition coefficient (Wildman–Crippen LogP) is 1.76. The minimum absolute atomic E-state index is 0.164. The fourth-order valence-corrected chi connectivity index (χ4v) is 2.82. The van der Waals surface area contributed by atoms with Crippen molar-refractivity contribution in [3.8, 4) is 0 Å². The molecular weight excluding hydrogens is 258 g/mol. The van der Waals surface area contributed by atoms with E-state index in [1.807, 2.05) is 0 Å².